The number of aromatic nitrogens is 6. The summed E-state index contributed by atoms with van der Waals surface area (Å²) in [5.41, 5.74) is 3.07. The first-order valence-corrected chi connectivity index (χ1v) is 15.4. The van der Waals surface area contributed by atoms with Gasteiger partial charge in [0.2, 0.25) is 5.91 Å². The van der Waals surface area contributed by atoms with Gasteiger partial charge in [0.05, 0.1) is 43.1 Å². The number of nitrogens with one attached hydrogen (secondary N) is 3. The van der Waals surface area contributed by atoms with Gasteiger partial charge in [-0.15, -0.1) is 5.10 Å². The number of hydrogen-bond donors (Lipinski definition) is 3. The van der Waals surface area contributed by atoms with Gasteiger partial charge in [-0.1, -0.05) is 36.6 Å². The summed E-state index contributed by atoms with van der Waals surface area (Å²) >= 11 is 6.22. The molecule has 244 valence electrons. The summed E-state index contributed by atoms with van der Waals surface area (Å²) in [6.07, 6.45) is 6.56. The summed E-state index contributed by atoms with van der Waals surface area (Å²) in [6.45, 7) is 1.93. The molecule has 1 aliphatic rings. The average Bonchev–Trinajstić information content (AvgIpc) is 3.60. The number of esters is 2. The number of H-pyrrole nitrogens is 1. The number of carbonyl (C=O) groups excluding carboxylic acids is 3. The standard InChI is InChI=1S/C32H33ClN8O6/c1-3-47-32(45)25-7-5-4-6-24(36-29(42)13-9-20-16-21(33)10-12-28(20)41-18-34-39-40-41)27-17-23(31(44)38-37-27)22-11-8-19(14-26(22)35-25)15-30(43)46-2/h8-14,16-18,24-25,35H,3-7,15H2,1-2H3,(H,36,42)(H,38,44)/b13-9+. The Balaban J connectivity index is 1.48. The van der Waals surface area contributed by atoms with Crippen molar-refractivity contribution in [1.29, 1.82) is 0 Å². The van der Waals surface area contributed by atoms with Crippen molar-refractivity contribution in [3.8, 4) is 16.8 Å². The molecular weight excluding hydrogens is 628 g/mol. The molecule has 0 aliphatic carbocycles. The van der Waals surface area contributed by atoms with Crippen LogP contribution in [0.1, 0.15) is 55.5 Å². The number of carbonyl (C=O) groups is 3. The topological polar surface area (TPSA) is 183 Å². The van der Waals surface area contributed by atoms with Gasteiger partial charge < -0.3 is 20.1 Å². The number of ether oxygens (including phenoxy) is 2. The first-order valence-electron chi connectivity index (χ1n) is 15.0. The van der Waals surface area contributed by atoms with Crippen molar-refractivity contribution in [3.63, 3.8) is 0 Å². The van der Waals surface area contributed by atoms with Gasteiger partial charge in [0.25, 0.3) is 5.56 Å². The lowest BCUT2D eigenvalue weighted by molar-refractivity contribution is -0.144. The molecule has 5 rings (SSSR count). The van der Waals surface area contributed by atoms with Crippen molar-refractivity contribution in [2.45, 2.75) is 51.1 Å². The lowest BCUT2D eigenvalue weighted by Gasteiger charge is -2.23. The van der Waals surface area contributed by atoms with Crippen molar-refractivity contribution in [3.05, 3.63) is 87.1 Å². The SMILES string of the molecule is CCOC(=O)C1CCCCC(NC(=O)/C=C/c2cc(Cl)ccc2-n2cnnn2)c2cc(c(=O)[nH]n2)-c2ccc(CC(=O)OC)cc2N1. The van der Waals surface area contributed by atoms with Crippen LogP contribution in [-0.2, 0) is 30.3 Å². The van der Waals surface area contributed by atoms with Crippen LogP contribution in [0.5, 0.6) is 0 Å². The van der Waals surface area contributed by atoms with Crippen molar-refractivity contribution < 1.29 is 23.9 Å². The zero-order valence-corrected chi connectivity index (χ0v) is 26.5. The van der Waals surface area contributed by atoms with Crippen LogP contribution in [0, 0.1) is 0 Å². The van der Waals surface area contributed by atoms with Crippen molar-refractivity contribution in [2.24, 2.45) is 0 Å². The summed E-state index contributed by atoms with van der Waals surface area (Å²) < 4.78 is 11.6. The molecule has 3 N–H and O–H groups in total. The molecule has 2 unspecified atom stereocenters. The molecule has 0 radical (unpaired) electrons. The third-order valence-corrected chi connectivity index (χ3v) is 7.82. The van der Waals surface area contributed by atoms with Crippen LogP contribution in [0.2, 0.25) is 5.02 Å². The number of benzene rings is 2. The van der Waals surface area contributed by atoms with Crippen LogP contribution in [0.15, 0.2) is 59.7 Å². The van der Waals surface area contributed by atoms with Crippen LogP contribution in [0.3, 0.4) is 0 Å². The number of fused-ring (bicyclic) bond motifs is 4. The fraction of sp³-hybridized carbons (Fsp3) is 0.312. The first-order chi connectivity index (χ1) is 22.7. The van der Waals surface area contributed by atoms with Crippen LogP contribution in [-0.4, -0.2) is 68.0 Å². The Hall–Kier alpha value is -5.37. The molecule has 47 heavy (non-hydrogen) atoms. The first kappa shape index (κ1) is 33.0. The molecule has 4 aromatic rings. The molecule has 2 atom stereocenters. The Bertz CT molecular complexity index is 1840. The third kappa shape index (κ3) is 8.27. The highest BCUT2D eigenvalue weighted by Crippen LogP contribution is 2.31. The van der Waals surface area contributed by atoms with Crippen molar-refractivity contribution in [2.75, 3.05) is 19.0 Å². The molecule has 1 amide bonds. The second-order valence-corrected chi connectivity index (χ2v) is 11.2. The zero-order valence-electron chi connectivity index (χ0n) is 25.7. The normalized spacial score (nSPS) is 16.2. The Morgan fingerprint density at radius 3 is 2.70 bits per heavy atom. The van der Waals surface area contributed by atoms with Gasteiger partial charge in [-0.3, -0.25) is 14.4 Å². The van der Waals surface area contributed by atoms with Gasteiger partial charge in [0.15, 0.2) is 0 Å². The fourth-order valence-electron chi connectivity index (χ4n) is 5.29. The van der Waals surface area contributed by atoms with Crippen LogP contribution in [0.4, 0.5) is 5.69 Å². The number of rotatable bonds is 8. The summed E-state index contributed by atoms with van der Waals surface area (Å²) in [4.78, 5) is 51.4. The van der Waals surface area contributed by atoms with Crippen molar-refractivity contribution in [1.82, 2.24) is 35.7 Å². The van der Waals surface area contributed by atoms with Gasteiger partial charge in [-0.05, 0) is 72.2 Å². The van der Waals surface area contributed by atoms with Gasteiger partial charge in [0, 0.05) is 27.9 Å². The van der Waals surface area contributed by atoms with E-state index in [2.05, 4.69) is 36.4 Å². The molecule has 0 spiro atoms. The number of hydrogen-bond acceptors (Lipinski definition) is 11. The summed E-state index contributed by atoms with van der Waals surface area (Å²) in [5, 5.41) is 24.8. The maximum atomic E-state index is 13.3. The number of amides is 1. The number of tetrazole rings is 1. The number of methoxy groups -OCH3 is 1. The number of nitrogens with zero attached hydrogens (tertiary/aromatic N) is 5. The average molecular weight is 661 g/mol. The maximum Gasteiger partial charge on any atom is 0.328 e. The molecule has 2 aromatic heterocycles. The van der Waals surface area contributed by atoms with E-state index in [0.29, 0.717) is 64.5 Å². The van der Waals surface area contributed by atoms with E-state index in [-0.39, 0.29) is 18.6 Å². The molecule has 2 bridgehead atoms. The fourth-order valence-corrected chi connectivity index (χ4v) is 5.47. The van der Waals surface area contributed by atoms with Crippen LogP contribution < -0.4 is 16.2 Å². The number of halogens is 1. The second-order valence-electron chi connectivity index (χ2n) is 10.8. The van der Waals surface area contributed by atoms with Gasteiger partial charge >= 0.3 is 11.9 Å². The maximum absolute atomic E-state index is 13.3. The highest BCUT2D eigenvalue weighted by Gasteiger charge is 2.25. The molecule has 0 fully saturated rings. The third-order valence-electron chi connectivity index (χ3n) is 7.58. The second kappa shape index (κ2) is 15.3. The van der Waals surface area contributed by atoms with Gasteiger partial charge in [-0.25, -0.2) is 9.89 Å². The Morgan fingerprint density at radius 2 is 1.94 bits per heavy atom. The van der Waals surface area contributed by atoms with Crippen molar-refractivity contribution >= 4 is 41.2 Å². The molecule has 1 aliphatic heterocycles. The Kier molecular flexibility index (Phi) is 10.7. The summed E-state index contributed by atoms with van der Waals surface area (Å²) in [6, 6.07) is 10.6. The lowest BCUT2D eigenvalue weighted by Crippen LogP contribution is -2.33. The highest BCUT2D eigenvalue weighted by molar-refractivity contribution is 6.30. The van der Waals surface area contributed by atoms with E-state index in [4.69, 9.17) is 21.1 Å². The number of anilines is 1. The minimum absolute atomic E-state index is 0.00150. The van der Waals surface area contributed by atoms with Gasteiger partial charge in [-0.2, -0.15) is 9.78 Å². The quantitative estimate of drug-likeness (QED) is 0.185. The minimum Gasteiger partial charge on any atom is -0.469 e. The molecule has 0 saturated carbocycles. The van der Waals surface area contributed by atoms with E-state index in [9.17, 15) is 19.2 Å². The molecular formula is C32H33ClN8O6. The molecule has 2 aromatic carbocycles. The highest BCUT2D eigenvalue weighted by atomic mass is 35.5. The lowest BCUT2D eigenvalue weighted by atomic mass is 9.96. The predicted octanol–water partition coefficient (Wildman–Crippen LogP) is 3.57. The van der Waals surface area contributed by atoms with E-state index < -0.39 is 35.5 Å². The van der Waals surface area contributed by atoms with Crippen LogP contribution in [0.25, 0.3) is 22.9 Å². The van der Waals surface area contributed by atoms with E-state index in [0.717, 1.165) is 0 Å². The van der Waals surface area contributed by atoms with E-state index in [1.165, 1.54) is 24.2 Å². The largest absolute Gasteiger partial charge is 0.469 e. The van der Waals surface area contributed by atoms with E-state index >= 15 is 0 Å². The molecule has 15 heteroatoms. The minimum atomic E-state index is -0.718. The Morgan fingerprint density at radius 1 is 1.11 bits per heavy atom. The predicted molar refractivity (Wildman–Crippen MR) is 173 cm³/mol. The number of aromatic amines is 1. The summed E-state index contributed by atoms with van der Waals surface area (Å²) in [5.74, 6) is -1.27. The summed E-state index contributed by atoms with van der Waals surface area (Å²) in [7, 11) is 1.30. The molecule has 0 saturated heterocycles. The zero-order chi connectivity index (χ0) is 33.3. The molecule has 3 heterocycles. The smallest absolute Gasteiger partial charge is 0.328 e. The van der Waals surface area contributed by atoms with Crippen LogP contribution >= 0.6 is 11.6 Å². The van der Waals surface area contributed by atoms with E-state index in [1.54, 1.807) is 55.5 Å². The monoisotopic (exact) mass is 660 g/mol. The van der Waals surface area contributed by atoms with E-state index in [1.807, 2.05) is 0 Å². The van der Waals surface area contributed by atoms with Gasteiger partial charge in [0.1, 0.15) is 12.4 Å². The molecule has 14 nitrogen and oxygen atoms in total. The Labute approximate surface area is 274 Å².